The monoisotopic (exact) mass is 276 g/mol. The molecule has 1 aromatic carbocycles. The average molecular weight is 276 g/mol. The maximum absolute atomic E-state index is 12.5. The number of amides is 2. The first-order valence-corrected chi connectivity index (χ1v) is 6.91. The van der Waals surface area contributed by atoms with E-state index in [4.69, 9.17) is 5.11 Å². The standard InChI is InChI=1S/C15H20N2O3/c18-9-8-17(11-12-4-2-1-3-5-12)15(20)13-6-7-16-14(19)10-13/h1-5,13,18H,6-11H2,(H,16,19). The third kappa shape index (κ3) is 3.81. The number of hydrogen-bond acceptors (Lipinski definition) is 3. The summed E-state index contributed by atoms with van der Waals surface area (Å²) in [5.74, 6) is -0.380. The summed E-state index contributed by atoms with van der Waals surface area (Å²) in [5.41, 5.74) is 1.02. The van der Waals surface area contributed by atoms with Crippen LogP contribution >= 0.6 is 0 Å². The number of rotatable bonds is 5. The Balaban J connectivity index is 2.03. The van der Waals surface area contributed by atoms with Crippen LogP contribution < -0.4 is 5.32 Å². The summed E-state index contributed by atoms with van der Waals surface area (Å²) in [6, 6.07) is 9.67. The lowest BCUT2D eigenvalue weighted by Gasteiger charge is -2.29. The number of aliphatic hydroxyl groups excluding tert-OH is 1. The average Bonchev–Trinajstić information content (AvgIpc) is 2.47. The third-order valence-corrected chi connectivity index (χ3v) is 3.49. The van der Waals surface area contributed by atoms with Crippen LogP contribution in [-0.4, -0.2) is 41.5 Å². The molecule has 1 atom stereocenters. The van der Waals surface area contributed by atoms with E-state index in [1.807, 2.05) is 30.3 Å². The van der Waals surface area contributed by atoms with E-state index in [0.717, 1.165) is 5.56 Å². The molecule has 2 rings (SSSR count). The minimum absolute atomic E-state index is 0.0437. The molecular formula is C15H20N2O3. The lowest BCUT2D eigenvalue weighted by molar-refractivity contribution is -0.141. The van der Waals surface area contributed by atoms with Gasteiger partial charge in [0, 0.05) is 32.0 Å². The summed E-state index contributed by atoms with van der Waals surface area (Å²) < 4.78 is 0. The molecule has 0 bridgehead atoms. The van der Waals surface area contributed by atoms with Crippen molar-refractivity contribution < 1.29 is 14.7 Å². The summed E-state index contributed by atoms with van der Waals surface area (Å²) in [4.78, 5) is 25.5. The van der Waals surface area contributed by atoms with Gasteiger partial charge >= 0.3 is 0 Å². The van der Waals surface area contributed by atoms with E-state index in [9.17, 15) is 9.59 Å². The van der Waals surface area contributed by atoms with Crippen molar-refractivity contribution in [2.75, 3.05) is 19.7 Å². The van der Waals surface area contributed by atoms with Crippen molar-refractivity contribution in [3.05, 3.63) is 35.9 Å². The summed E-state index contributed by atoms with van der Waals surface area (Å²) in [5, 5.41) is 11.9. The molecule has 2 N–H and O–H groups in total. The van der Waals surface area contributed by atoms with Crippen molar-refractivity contribution in [1.82, 2.24) is 10.2 Å². The largest absolute Gasteiger partial charge is 0.395 e. The molecule has 1 aliphatic heterocycles. The molecule has 0 aromatic heterocycles. The minimum atomic E-state index is -0.265. The lowest BCUT2D eigenvalue weighted by atomic mass is 9.95. The molecule has 0 saturated carbocycles. The fourth-order valence-electron chi connectivity index (χ4n) is 2.44. The SMILES string of the molecule is O=C1CC(C(=O)N(CCO)Cc2ccccc2)CCN1. The molecule has 1 saturated heterocycles. The summed E-state index contributed by atoms with van der Waals surface area (Å²) in [6.45, 7) is 1.25. The first kappa shape index (κ1) is 14.5. The molecular weight excluding hydrogens is 256 g/mol. The second-order valence-corrected chi connectivity index (χ2v) is 5.01. The van der Waals surface area contributed by atoms with Crippen molar-refractivity contribution in [3.63, 3.8) is 0 Å². The van der Waals surface area contributed by atoms with Gasteiger partial charge in [0.1, 0.15) is 0 Å². The maximum Gasteiger partial charge on any atom is 0.226 e. The number of carbonyl (C=O) groups is 2. The van der Waals surface area contributed by atoms with E-state index in [2.05, 4.69) is 5.32 Å². The van der Waals surface area contributed by atoms with Crippen molar-refractivity contribution >= 4 is 11.8 Å². The quantitative estimate of drug-likeness (QED) is 0.824. The van der Waals surface area contributed by atoms with Gasteiger partial charge in [-0.1, -0.05) is 30.3 Å². The molecule has 5 heteroatoms. The molecule has 1 unspecified atom stereocenters. The van der Waals surface area contributed by atoms with Gasteiger partial charge in [0.05, 0.1) is 6.61 Å². The van der Waals surface area contributed by atoms with Crippen LogP contribution in [-0.2, 0) is 16.1 Å². The zero-order valence-electron chi connectivity index (χ0n) is 11.4. The number of benzene rings is 1. The molecule has 0 aliphatic carbocycles. The number of aliphatic hydroxyl groups is 1. The van der Waals surface area contributed by atoms with E-state index in [1.165, 1.54) is 0 Å². The van der Waals surface area contributed by atoms with Crippen LogP contribution in [0.3, 0.4) is 0 Å². The van der Waals surface area contributed by atoms with Crippen LogP contribution in [0, 0.1) is 5.92 Å². The van der Waals surface area contributed by atoms with Crippen molar-refractivity contribution in [3.8, 4) is 0 Å². The van der Waals surface area contributed by atoms with Gasteiger partial charge in [-0.05, 0) is 12.0 Å². The maximum atomic E-state index is 12.5. The van der Waals surface area contributed by atoms with Crippen molar-refractivity contribution in [2.45, 2.75) is 19.4 Å². The van der Waals surface area contributed by atoms with Gasteiger partial charge < -0.3 is 15.3 Å². The van der Waals surface area contributed by atoms with Crippen molar-refractivity contribution in [1.29, 1.82) is 0 Å². The van der Waals surface area contributed by atoms with Gasteiger partial charge in [-0.25, -0.2) is 0 Å². The Morgan fingerprint density at radius 1 is 1.35 bits per heavy atom. The predicted octanol–water partition coefficient (Wildman–Crippen LogP) is 0.534. The Morgan fingerprint density at radius 2 is 2.10 bits per heavy atom. The number of piperidine rings is 1. The van der Waals surface area contributed by atoms with Crippen LogP contribution in [0.1, 0.15) is 18.4 Å². The Hall–Kier alpha value is -1.88. The molecule has 0 radical (unpaired) electrons. The number of carbonyl (C=O) groups excluding carboxylic acids is 2. The van der Waals surface area contributed by atoms with E-state index < -0.39 is 0 Å². The third-order valence-electron chi connectivity index (χ3n) is 3.49. The molecule has 1 heterocycles. The molecule has 1 aromatic rings. The predicted molar refractivity (Wildman–Crippen MR) is 74.7 cm³/mol. The molecule has 5 nitrogen and oxygen atoms in total. The lowest BCUT2D eigenvalue weighted by Crippen LogP contribution is -2.43. The highest BCUT2D eigenvalue weighted by molar-refractivity contribution is 5.86. The number of nitrogens with zero attached hydrogens (tertiary/aromatic N) is 1. The van der Waals surface area contributed by atoms with Crippen LogP contribution in [0.2, 0.25) is 0 Å². The Kier molecular flexibility index (Phi) is 5.12. The fraction of sp³-hybridized carbons (Fsp3) is 0.467. The molecule has 2 amide bonds. The molecule has 1 aliphatic rings. The Morgan fingerprint density at radius 3 is 2.75 bits per heavy atom. The number of nitrogens with one attached hydrogen (secondary N) is 1. The Bertz CT molecular complexity index is 461. The first-order chi connectivity index (χ1) is 9.70. The fourth-order valence-corrected chi connectivity index (χ4v) is 2.44. The van der Waals surface area contributed by atoms with Crippen LogP contribution in [0.4, 0.5) is 0 Å². The molecule has 108 valence electrons. The van der Waals surface area contributed by atoms with Gasteiger partial charge in [0.25, 0.3) is 0 Å². The van der Waals surface area contributed by atoms with E-state index in [0.29, 0.717) is 26.1 Å². The highest BCUT2D eigenvalue weighted by atomic mass is 16.3. The van der Waals surface area contributed by atoms with E-state index >= 15 is 0 Å². The van der Waals surface area contributed by atoms with Gasteiger partial charge in [0.15, 0.2) is 0 Å². The summed E-state index contributed by atoms with van der Waals surface area (Å²) in [6.07, 6.45) is 0.914. The van der Waals surface area contributed by atoms with Gasteiger partial charge in [-0.3, -0.25) is 9.59 Å². The van der Waals surface area contributed by atoms with Crippen LogP contribution in [0.5, 0.6) is 0 Å². The van der Waals surface area contributed by atoms with Crippen LogP contribution in [0.15, 0.2) is 30.3 Å². The molecule has 20 heavy (non-hydrogen) atoms. The molecule has 0 spiro atoms. The van der Waals surface area contributed by atoms with Crippen LogP contribution in [0.25, 0.3) is 0 Å². The second kappa shape index (κ2) is 7.05. The zero-order chi connectivity index (χ0) is 14.4. The van der Waals surface area contributed by atoms with E-state index in [1.54, 1.807) is 4.90 Å². The minimum Gasteiger partial charge on any atom is -0.395 e. The first-order valence-electron chi connectivity index (χ1n) is 6.91. The second-order valence-electron chi connectivity index (χ2n) is 5.01. The summed E-state index contributed by atoms with van der Waals surface area (Å²) >= 11 is 0. The van der Waals surface area contributed by atoms with Gasteiger partial charge in [-0.15, -0.1) is 0 Å². The zero-order valence-corrected chi connectivity index (χ0v) is 11.4. The Labute approximate surface area is 118 Å². The summed E-state index contributed by atoms with van der Waals surface area (Å²) in [7, 11) is 0. The highest BCUT2D eigenvalue weighted by Gasteiger charge is 2.29. The highest BCUT2D eigenvalue weighted by Crippen LogP contribution is 2.17. The number of hydrogen-bond donors (Lipinski definition) is 2. The van der Waals surface area contributed by atoms with E-state index in [-0.39, 0.29) is 30.8 Å². The van der Waals surface area contributed by atoms with Gasteiger partial charge in [0.2, 0.25) is 11.8 Å². The normalized spacial score (nSPS) is 18.4. The van der Waals surface area contributed by atoms with Gasteiger partial charge in [-0.2, -0.15) is 0 Å². The smallest absolute Gasteiger partial charge is 0.226 e. The topological polar surface area (TPSA) is 69.6 Å². The van der Waals surface area contributed by atoms with Crippen molar-refractivity contribution in [2.24, 2.45) is 5.92 Å². The molecule has 1 fully saturated rings.